The zero-order valence-corrected chi connectivity index (χ0v) is 9.09. The van der Waals surface area contributed by atoms with E-state index in [1.54, 1.807) is 0 Å². The van der Waals surface area contributed by atoms with E-state index in [9.17, 15) is 0 Å². The third-order valence-electron chi connectivity index (χ3n) is 3.52. The van der Waals surface area contributed by atoms with Gasteiger partial charge in [-0.1, -0.05) is 13.8 Å². The minimum absolute atomic E-state index is 0.0765. The van der Waals surface area contributed by atoms with Crippen molar-refractivity contribution >= 4 is 0 Å². The Hall–Kier alpha value is -0.0800. The van der Waals surface area contributed by atoms with Gasteiger partial charge in [-0.05, 0) is 26.7 Å². The summed E-state index contributed by atoms with van der Waals surface area (Å²) in [7, 11) is 0. The Morgan fingerprint density at radius 2 is 2.00 bits per heavy atom. The Morgan fingerprint density at radius 3 is 2.62 bits per heavy atom. The SMILES string of the molecule is CCC12O[C@H](C)CC(C)(CC1C)O2. The predicted molar refractivity (Wildman–Crippen MR) is 51.5 cm³/mol. The van der Waals surface area contributed by atoms with Gasteiger partial charge in [-0.25, -0.2) is 0 Å². The van der Waals surface area contributed by atoms with Crippen LogP contribution in [0.2, 0.25) is 0 Å². The minimum atomic E-state index is -0.271. The molecule has 0 aromatic carbocycles. The van der Waals surface area contributed by atoms with Crippen LogP contribution in [0.5, 0.6) is 0 Å². The van der Waals surface area contributed by atoms with Crippen LogP contribution in [-0.4, -0.2) is 17.5 Å². The fourth-order valence-corrected chi connectivity index (χ4v) is 3.12. The minimum Gasteiger partial charge on any atom is -0.347 e. The Balaban J connectivity index is 2.28. The summed E-state index contributed by atoms with van der Waals surface area (Å²) in [4.78, 5) is 0. The van der Waals surface area contributed by atoms with E-state index in [0.29, 0.717) is 12.0 Å². The van der Waals surface area contributed by atoms with Crippen molar-refractivity contribution in [2.45, 2.75) is 64.4 Å². The van der Waals surface area contributed by atoms with Gasteiger partial charge in [0, 0.05) is 12.3 Å². The van der Waals surface area contributed by atoms with Gasteiger partial charge in [0.1, 0.15) is 0 Å². The molecular weight excluding hydrogens is 164 g/mol. The Kier molecular flexibility index (Phi) is 1.97. The van der Waals surface area contributed by atoms with Crippen LogP contribution in [0.25, 0.3) is 0 Å². The van der Waals surface area contributed by atoms with E-state index in [1.807, 2.05) is 0 Å². The molecule has 2 heteroatoms. The molecule has 2 heterocycles. The molecular formula is C11H20O2. The summed E-state index contributed by atoms with van der Waals surface area (Å²) in [5.74, 6) is 0.263. The van der Waals surface area contributed by atoms with Gasteiger partial charge in [-0.3, -0.25) is 0 Å². The van der Waals surface area contributed by atoms with Gasteiger partial charge in [-0.2, -0.15) is 0 Å². The van der Waals surface area contributed by atoms with Crippen molar-refractivity contribution in [2.75, 3.05) is 0 Å². The summed E-state index contributed by atoms with van der Waals surface area (Å²) in [6.45, 7) is 8.77. The van der Waals surface area contributed by atoms with E-state index >= 15 is 0 Å². The molecule has 2 saturated heterocycles. The molecule has 0 amide bonds. The van der Waals surface area contributed by atoms with Crippen molar-refractivity contribution in [3.8, 4) is 0 Å². The van der Waals surface area contributed by atoms with Gasteiger partial charge >= 0.3 is 0 Å². The number of hydrogen-bond acceptors (Lipinski definition) is 2. The summed E-state index contributed by atoms with van der Waals surface area (Å²) in [5.41, 5.74) is 0.0765. The highest BCUT2D eigenvalue weighted by molar-refractivity contribution is 4.98. The van der Waals surface area contributed by atoms with Crippen LogP contribution >= 0.6 is 0 Å². The average Bonchev–Trinajstić information content (AvgIpc) is 2.18. The number of rotatable bonds is 1. The Morgan fingerprint density at radius 1 is 1.31 bits per heavy atom. The maximum Gasteiger partial charge on any atom is 0.171 e. The summed E-state index contributed by atoms with van der Waals surface area (Å²) >= 11 is 0. The zero-order valence-electron chi connectivity index (χ0n) is 9.09. The fourth-order valence-electron chi connectivity index (χ4n) is 3.12. The number of hydrogen-bond donors (Lipinski definition) is 0. The van der Waals surface area contributed by atoms with Gasteiger partial charge in [-0.15, -0.1) is 0 Å². The molecule has 13 heavy (non-hydrogen) atoms. The largest absolute Gasteiger partial charge is 0.347 e. The molecule has 0 aromatic rings. The van der Waals surface area contributed by atoms with Crippen molar-refractivity contribution in [2.24, 2.45) is 5.92 Å². The van der Waals surface area contributed by atoms with Crippen molar-refractivity contribution in [3.63, 3.8) is 0 Å². The van der Waals surface area contributed by atoms with Crippen molar-refractivity contribution < 1.29 is 9.47 Å². The lowest BCUT2D eigenvalue weighted by molar-refractivity contribution is -0.318. The van der Waals surface area contributed by atoms with E-state index in [1.165, 1.54) is 0 Å². The van der Waals surface area contributed by atoms with Crippen molar-refractivity contribution in [1.29, 1.82) is 0 Å². The second-order valence-corrected chi connectivity index (χ2v) is 4.96. The molecule has 76 valence electrons. The van der Waals surface area contributed by atoms with Crippen LogP contribution in [0.3, 0.4) is 0 Å². The second kappa shape index (κ2) is 2.71. The average molecular weight is 184 g/mol. The zero-order chi connectivity index (χ0) is 9.69. The first-order valence-electron chi connectivity index (χ1n) is 5.38. The summed E-state index contributed by atoms with van der Waals surface area (Å²) < 4.78 is 12.1. The van der Waals surface area contributed by atoms with Crippen LogP contribution < -0.4 is 0 Å². The van der Waals surface area contributed by atoms with E-state index in [0.717, 1.165) is 19.3 Å². The number of fused-ring (bicyclic) bond motifs is 2. The Labute approximate surface area is 80.6 Å². The van der Waals surface area contributed by atoms with E-state index in [4.69, 9.17) is 9.47 Å². The van der Waals surface area contributed by atoms with Crippen LogP contribution in [-0.2, 0) is 9.47 Å². The highest BCUT2D eigenvalue weighted by atomic mass is 16.7. The molecule has 3 unspecified atom stereocenters. The maximum absolute atomic E-state index is 6.08. The molecule has 2 rings (SSSR count). The standard InChI is InChI=1S/C11H20O2/c1-5-11-8(2)6-10(4,13-11)7-9(3)12-11/h8-9H,5-7H2,1-4H3/t8?,9-,10?,11?/m1/s1. The van der Waals surface area contributed by atoms with Gasteiger partial charge in [0.15, 0.2) is 5.79 Å². The third-order valence-corrected chi connectivity index (χ3v) is 3.52. The van der Waals surface area contributed by atoms with Crippen LogP contribution in [0, 0.1) is 5.92 Å². The normalized spacial score (nSPS) is 55.4. The molecule has 0 saturated carbocycles. The second-order valence-electron chi connectivity index (χ2n) is 4.96. The molecule has 2 aliphatic rings. The Bertz CT molecular complexity index is 216. The van der Waals surface area contributed by atoms with Crippen molar-refractivity contribution in [1.82, 2.24) is 0 Å². The molecule has 0 N–H and O–H groups in total. The van der Waals surface area contributed by atoms with Crippen LogP contribution in [0.15, 0.2) is 0 Å². The summed E-state index contributed by atoms with van der Waals surface area (Å²) in [6, 6.07) is 0. The first-order valence-corrected chi connectivity index (χ1v) is 5.38. The molecule has 2 fully saturated rings. The van der Waals surface area contributed by atoms with Crippen molar-refractivity contribution in [3.05, 3.63) is 0 Å². The van der Waals surface area contributed by atoms with Crippen LogP contribution in [0.4, 0.5) is 0 Å². The van der Waals surface area contributed by atoms with Gasteiger partial charge in [0.05, 0.1) is 11.7 Å². The lowest BCUT2D eigenvalue weighted by Crippen LogP contribution is -2.47. The van der Waals surface area contributed by atoms with E-state index in [-0.39, 0.29) is 11.4 Å². The van der Waals surface area contributed by atoms with Crippen LogP contribution in [0.1, 0.15) is 47.0 Å². The fraction of sp³-hybridized carbons (Fsp3) is 1.00. The van der Waals surface area contributed by atoms with Gasteiger partial charge in [0.25, 0.3) is 0 Å². The molecule has 0 aliphatic carbocycles. The van der Waals surface area contributed by atoms with E-state index < -0.39 is 0 Å². The monoisotopic (exact) mass is 184 g/mol. The maximum atomic E-state index is 6.08. The molecule has 2 bridgehead atoms. The topological polar surface area (TPSA) is 18.5 Å². The molecule has 4 atom stereocenters. The first-order chi connectivity index (χ1) is 6.00. The highest BCUT2D eigenvalue weighted by Gasteiger charge is 2.56. The summed E-state index contributed by atoms with van der Waals surface area (Å²) in [5, 5.41) is 0. The molecule has 2 aliphatic heterocycles. The summed E-state index contributed by atoms with van der Waals surface area (Å²) in [6.07, 6.45) is 3.50. The third kappa shape index (κ3) is 1.31. The lowest BCUT2D eigenvalue weighted by atomic mass is 9.90. The molecule has 0 spiro atoms. The van der Waals surface area contributed by atoms with Gasteiger partial charge < -0.3 is 9.47 Å². The quantitative estimate of drug-likeness (QED) is 0.624. The number of ether oxygens (including phenoxy) is 2. The predicted octanol–water partition coefficient (Wildman–Crippen LogP) is 2.72. The van der Waals surface area contributed by atoms with E-state index in [2.05, 4.69) is 27.7 Å². The van der Waals surface area contributed by atoms with Gasteiger partial charge in [0.2, 0.25) is 0 Å². The molecule has 2 nitrogen and oxygen atoms in total. The highest BCUT2D eigenvalue weighted by Crippen LogP contribution is 2.51. The first kappa shape index (κ1) is 9.47. The smallest absolute Gasteiger partial charge is 0.171 e. The molecule has 0 aromatic heterocycles. The lowest BCUT2D eigenvalue weighted by Gasteiger charge is -2.42. The molecule has 0 radical (unpaired) electrons.